The van der Waals surface area contributed by atoms with Crippen LogP contribution in [0.1, 0.15) is 23.6 Å². The predicted molar refractivity (Wildman–Crippen MR) is 145 cm³/mol. The average Bonchev–Trinajstić information content (AvgIpc) is 3.13. The first-order valence-corrected chi connectivity index (χ1v) is 12.1. The fourth-order valence-corrected chi connectivity index (χ4v) is 5.93. The molecule has 0 saturated heterocycles. The minimum Gasteiger partial charge on any atom is -0.493 e. The van der Waals surface area contributed by atoms with Crippen LogP contribution in [0.15, 0.2) is 97.1 Å². The Kier molecular flexibility index (Phi) is 5.09. The van der Waals surface area contributed by atoms with E-state index in [1.54, 1.807) is 0 Å². The van der Waals surface area contributed by atoms with Gasteiger partial charge in [-0.25, -0.2) is 0 Å². The molecular formula is C31H26N2O4. The molecule has 2 aliphatic rings. The summed E-state index contributed by atoms with van der Waals surface area (Å²) in [5.74, 6) is 0.814. The number of benzene rings is 4. The number of para-hydroxylation sites is 1. The van der Waals surface area contributed by atoms with Gasteiger partial charge in [0.2, 0.25) is 5.72 Å². The van der Waals surface area contributed by atoms with Crippen molar-refractivity contribution in [3.8, 4) is 22.6 Å². The van der Waals surface area contributed by atoms with E-state index in [1.165, 1.54) is 19.2 Å². The van der Waals surface area contributed by atoms with Crippen molar-refractivity contribution in [3.63, 3.8) is 0 Å². The Labute approximate surface area is 215 Å². The molecule has 2 atom stereocenters. The molecule has 0 aromatic heterocycles. The molecule has 6 heteroatoms. The second-order valence-electron chi connectivity index (χ2n) is 9.57. The number of rotatable bonds is 4. The lowest BCUT2D eigenvalue weighted by Gasteiger charge is -2.47. The smallest absolute Gasteiger partial charge is 0.274 e. The van der Waals surface area contributed by atoms with Crippen molar-refractivity contribution in [2.24, 2.45) is 0 Å². The predicted octanol–water partition coefficient (Wildman–Crippen LogP) is 6.83. The second kappa shape index (κ2) is 8.23. The molecule has 2 unspecified atom stereocenters. The summed E-state index contributed by atoms with van der Waals surface area (Å²) < 4.78 is 12.6. The highest BCUT2D eigenvalue weighted by atomic mass is 16.6. The van der Waals surface area contributed by atoms with Crippen molar-refractivity contribution in [2.45, 2.75) is 18.1 Å². The monoisotopic (exact) mass is 490 g/mol. The third-order valence-electron chi connectivity index (χ3n) is 7.81. The van der Waals surface area contributed by atoms with Gasteiger partial charge >= 0.3 is 0 Å². The van der Waals surface area contributed by atoms with Crippen LogP contribution in [0.3, 0.4) is 0 Å². The number of ether oxygens (including phenoxy) is 2. The van der Waals surface area contributed by atoms with Crippen LogP contribution >= 0.6 is 0 Å². The fraction of sp³-hybridized carbons (Fsp3) is 0.161. The molecule has 0 N–H and O–H groups in total. The third-order valence-corrected chi connectivity index (χ3v) is 7.81. The van der Waals surface area contributed by atoms with Crippen LogP contribution in [-0.2, 0) is 5.41 Å². The van der Waals surface area contributed by atoms with Gasteiger partial charge in [-0.05, 0) is 35.8 Å². The summed E-state index contributed by atoms with van der Waals surface area (Å²) in [4.78, 5) is 13.3. The van der Waals surface area contributed by atoms with Crippen LogP contribution in [0, 0.1) is 10.1 Å². The van der Waals surface area contributed by atoms with Gasteiger partial charge in [-0.3, -0.25) is 10.1 Å². The van der Waals surface area contributed by atoms with Gasteiger partial charge in [0.25, 0.3) is 5.69 Å². The standard InChI is InChI=1S/C31H26N2O4/c1-30(23-13-8-5-9-14-23)26-16-10-15-25(21-11-6-4-7-12-21)28(26)32(2)31(30)18-17-22-19-24(33(34)35)20-27(36-3)29(22)37-31/h4-20H,1-3H3. The fourth-order valence-electron chi connectivity index (χ4n) is 5.93. The quantitative estimate of drug-likeness (QED) is 0.232. The van der Waals surface area contributed by atoms with Crippen LogP contribution in [0.5, 0.6) is 11.5 Å². The first-order chi connectivity index (χ1) is 17.9. The van der Waals surface area contributed by atoms with Gasteiger partial charge < -0.3 is 14.4 Å². The topological polar surface area (TPSA) is 64.8 Å². The van der Waals surface area contributed by atoms with Crippen LogP contribution in [0.2, 0.25) is 0 Å². The molecule has 4 aromatic carbocycles. The van der Waals surface area contributed by atoms with E-state index < -0.39 is 16.1 Å². The molecule has 2 aliphatic heterocycles. The number of fused-ring (bicyclic) bond motifs is 2. The second-order valence-corrected chi connectivity index (χ2v) is 9.57. The maximum absolute atomic E-state index is 11.5. The molecule has 37 heavy (non-hydrogen) atoms. The van der Waals surface area contributed by atoms with Crippen molar-refractivity contribution in [1.29, 1.82) is 0 Å². The Morgan fingerprint density at radius 3 is 2.32 bits per heavy atom. The Morgan fingerprint density at radius 2 is 1.65 bits per heavy atom. The zero-order valence-electron chi connectivity index (χ0n) is 20.8. The Balaban J connectivity index is 1.63. The lowest BCUT2D eigenvalue weighted by molar-refractivity contribution is -0.385. The van der Waals surface area contributed by atoms with E-state index in [4.69, 9.17) is 9.47 Å². The van der Waals surface area contributed by atoms with Crippen LogP contribution in [0.4, 0.5) is 11.4 Å². The average molecular weight is 491 g/mol. The number of hydrogen-bond acceptors (Lipinski definition) is 5. The largest absolute Gasteiger partial charge is 0.493 e. The Hall–Kier alpha value is -4.58. The number of nitro groups is 1. The van der Waals surface area contributed by atoms with E-state index in [-0.39, 0.29) is 5.69 Å². The number of likely N-dealkylation sites (N-methyl/N-ethyl adjacent to an activating group) is 1. The van der Waals surface area contributed by atoms with Gasteiger partial charge in [-0.1, -0.05) is 78.9 Å². The minimum atomic E-state index is -0.960. The molecule has 184 valence electrons. The zero-order valence-corrected chi connectivity index (χ0v) is 20.8. The number of hydrogen-bond donors (Lipinski definition) is 0. The molecule has 0 amide bonds. The third kappa shape index (κ3) is 3.12. The number of nitrogens with zero attached hydrogens (tertiary/aromatic N) is 2. The lowest BCUT2D eigenvalue weighted by atomic mass is 9.69. The molecule has 0 radical (unpaired) electrons. The summed E-state index contributed by atoms with van der Waals surface area (Å²) in [7, 11) is 3.55. The summed E-state index contributed by atoms with van der Waals surface area (Å²) in [5.41, 5.74) is 4.53. The van der Waals surface area contributed by atoms with Crippen molar-refractivity contribution in [2.75, 3.05) is 19.1 Å². The highest BCUT2D eigenvalue weighted by Crippen LogP contribution is 2.60. The van der Waals surface area contributed by atoms with Gasteiger partial charge in [0.15, 0.2) is 11.5 Å². The lowest BCUT2D eigenvalue weighted by Crippen LogP contribution is -2.59. The first-order valence-electron chi connectivity index (χ1n) is 12.1. The molecule has 0 fully saturated rings. The normalized spacial score (nSPS) is 21.3. The van der Waals surface area contributed by atoms with Gasteiger partial charge in [0.05, 0.1) is 29.2 Å². The van der Waals surface area contributed by atoms with Crippen molar-refractivity contribution in [3.05, 3.63) is 124 Å². The Bertz CT molecular complexity index is 1550. The van der Waals surface area contributed by atoms with Gasteiger partial charge in [0, 0.05) is 24.2 Å². The molecule has 6 nitrogen and oxygen atoms in total. The van der Waals surface area contributed by atoms with Crippen LogP contribution < -0.4 is 14.4 Å². The summed E-state index contributed by atoms with van der Waals surface area (Å²) >= 11 is 0. The Morgan fingerprint density at radius 1 is 0.946 bits per heavy atom. The minimum absolute atomic E-state index is 0.0416. The zero-order chi connectivity index (χ0) is 25.8. The summed E-state index contributed by atoms with van der Waals surface area (Å²) in [6.45, 7) is 2.20. The van der Waals surface area contributed by atoms with Crippen molar-refractivity contribution in [1.82, 2.24) is 0 Å². The van der Waals surface area contributed by atoms with Gasteiger partial charge in [0.1, 0.15) is 0 Å². The number of anilines is 1. The molecule has 2 heterocycles. The maximum atomic E-state index is 11.5. The first kappa shape index (κ1) is 22.9. The van der Waals surface area contributed by atoms with Crippen LogP contribution in [-0.4, -0.2) is 24.8 Å². The molecule has 1 spiro atoms. The summed E-state index contributed by atoms with van der Waals surface area (Å²) in [6.07, 6.45) is 3.94. The SMILES string of the molecule is COc1cc([N+](=O)[O-])cc2c1OC1(C=C2)N(C)c2c(-c3ccccc3)cccc2C1(C)c1ccccc1. The number of non-ortho nitro benzene ring substituents is 1. The van der Waals surface area contributed by atoms with E-state index in [0.29, 0.717) is 17.1 Å². The molecule has 0 aliphatic carbocycles. The maximum Gasteiger partial charge on any atom is 0.274 e. The molecule has 0 saturated carbocycles. The van der Waals surface area contributed by atoms with Crippen molar-refractivity contribution >= 4 is 17.5 Å². The number of methoxy groups -OCH3 is 1. The van der Waals surface area contributed by atoms with Crippen LogP contribution in [0.25, 0.3) is 17.2 Å². The van der Waals surface area contributed by atoms with E-state index in [1.807, 2.05) is 55.6 Å². The highest BCUT2D eigenvalue weighted by molar-refractivity contribution is 5.88. The van der Waals surface area contributed by atoms with Crippen molar-refractivity contribution < 1.29 is 14.4 Å². The molecule has 6 rings (SSSR count). The van der Waals surface area contributed by atoms with Gasteiger partial charge in [-0.15, -0.1) is 0 Å². The summed E-state index contributed by atoms with van der Waals surface area (Å²) in [5, 5.41) is 11.5. The molecule has 4 aromatic rings. The van der Waals surface area contributed by atoms with E-state index in [9.17, 15) is 10.1 Å². The van der Waals surface area contributed by atoms with E-state index in [0.717, 1.165) is 27.9 Å². The molecular weight excluding hydrogens is 464 g/mol. The number of nitro benzene ring substituents is 1. The van der Waals surface area contributed by atoms with Gasteiger partial charge in [-0.2, -0.15) is 0 Å². The van der Waals surface area contributed by atoms with E-state index in [2.05, 4.69) is 54.3 Å². The van der Waals surface area contributed by atoms with E-state index >= 15 is 0 Å². The highest BCUT2D eigenvalue weighted by Gasteiger charge is 2.62. The molecule has 0 bridgehead atoms. The summed E-state index contributed by atoms with van der Waals surface area (Å²) in [6, 6.07) is 30.0.